The lowest BCUT2D eigenvalue weighted by atomic mass is 10.0. The second-order valence-electron chi connectivity index (χ2n) is 6.62. The molecule has 6 heteroatoms. The van der Waals surface area contributed by atoms with Crippen LogP contribution in [0.2, 0.25) is 0 Å². The van der Waals surface area contributed by atoms with Gasteiger partial charge in [0, 0.05) is 13.1 Å². The standard InChI is InChI=1S/C22H22N2O4/c25-19(16-8-9-20-21(12-16)28-11-10-27-20)14-24-22(26)23-13-17-6-3-5-15-4-1-2-7-18(15)17/h1-9,12,19,25H,10-11,13-14H2,(H2,23,24,26)/t19-/m0/s1. The molecule has 4 rings (SSSR count). The van der Waals surface area contributed by atoms with E-state index in [9.17, 15) is 9.90 Å². The van der Waals surface area contributed by atoms with Crippen LogP contribution in [0.15, 0.2) is 60.7 Å². The van der Waals surface area contributed by atoms with Crippen molar-refractivity contribution >= 4 is 16.8 Å². The maximum atomic E-state index is 12.1. The van der Waals surface area contributed by atoms with Crippen LogP contribution in [0.1, 0.15) is 17.2 Å². The molecule has 3 N–H and O–H groups in total. The first-order valence-electron chi connectivity index (χ1n) is 9.26. The number of rotatable bonds is 5. The summed E-state index contributed by atoms with van der Waals surface area (Å²) in [6.07, 6.45) is -0.834. The number of carbonyl (C=O) groups is 1. The van der Waals surface area contributed by atoms with Crippen LogP contribution in [0, 0.1) is 0 Å². The molecule has 28 heavy (non-hydrogen) atoms. The molecule has 6 nitrogen and oxygen atoms in total. The number of hydrogen-bond donors (Lipinski definition) is 3. The van der Waals surface area contributed by atoms with Gasteiger partial charge in [0.2, 0.25) is 0 Å². The lowest BCUT2D eigenvalue weighted by molar-refractivity contribution is 0.163. The fourth-order valence-electron chi connectivity index (χ4n) is 3.26. The zero-order valence-corrected chi connectivity index (χ0v) is 15.4. The minimum Gasteiger partial charge on any atom is -0.486 e. The van der Waals surface area contributed by atoms with Crippen molar-refractivity contribution in [1.82, 2.24) is 10.6 Å². The maximum absolute atomic E-state index is 12.1. The number of aliphatic hydroxyl groups is 1. The highest BCUT2D eigenvalue weighted by molar-refractivity contribution is 5.86. The van der Waals surface area contributed by atoms with Crippen molar-refractivity contribution in [2.24, 2.45) is 0 Å². The molecule has 0 bridgehead atoms. The lowest BCUT2D eigenvalue weighted by Crippen LogP contribution is -2.37. The molecule has 0 saturated carbocycles. The zero-order chi connectivity index (χ0) is 19.3. The number of nitrogens with one attached hydrogen (secondary N) is 2. The van der Waals surface area contributed by atoms with Crippen molar-refractivity contribution in [2.45, 2.75) is 12.6 Å². The Labute approximate surface area is 163 Å². The Morgan fingerprint density at radius 1 is 0.964 bits per heavy atom. The van der Waals surface area contributed by atoms with Gasteiger partial charge in [0.15, 0.2) is 11.5 Å². The number of hydrogen-bond acceptors (Lipinski definition) is 4. The average Bonchev–Trinajstić information content (AvgIpc) is 2.75. The second-order valence-corrected chi connectivity index (χ2v) is 6.62. The Morgan fingerprint density at radius 2 is 1.75 bits per heavy atom. The van der Waals surface area contributed by atoms with Crippen LogP contribution in [0.5, 0.6) is 11.5 Å². The van der Waals surface area contributed by atoms with E-state index in [0.29, 0.717) is 36.8 Å². The van der Waals surface area contributed by atoms with Gasteiger partial charge in [-0.2, -0.15) is 0 Å². The van der Waals surface area contributed by atoms with Crippen LogP contribution in [0.4, 0.5) is 4.79 Å². The molecule has 0 fully saturated rings. The van der Waals surface area contributed by atoms with Crippen LogP contribution in [0.3, 0.4) is 0 Å². The highest BCUT2D eigenvalue weighted by Gasteiger charge is 2.16. The Morgan fingerprint density at radius 3 is 2.64 bits per heavy atom. The van der Waals surface area contributed by atoms with Gasteiger partial charge in [-0.25, -0.2) is 4.79 Å². The molecule has 0 saturated heterocycles. The third-order valence-corrected chi connectivity index (χ3v) is 4.73. The number of ether oxygens (including phenoxy) is 2. The van der Waals surface area contributed by atoms with Crippen LogP contribution in [0.25, 0.3) is 10.8 Å². The van der Waals surface area contributed by atoms with Crippen LogP contribution in [-0.2, 0) is 6.54 Å². The fourth-order valence-corrected chi connectivity index (χ4v) is 3.26. The summed E-state index contributed by atoms with van der Waals surface area (Å²) in [5.41, 5.74) is 1.71. The number of urea groups is 1. The summed E-state index contributed by atoms with van der Waals surface area (Å²) in [6, 6.07) is 19.0. The van der Waals surface area contributed by atoms with Crippen LogP contribution < -0.4 is 20.1 Å². The van der Waals surface area contributed by atoms with E-state index in [1.54, 1.807) is 18.2 Å². The van der Waals surface area contributed by atoms with Gasteiger partial charge in [0.05, 0.1) is 6.10 Å². The highest BCUT2D eigenvalue weighted by atomic mass is 16.6. The zero-order valence-electron chi connectivity index (χ0n) is 15.4. The molecule has 0 unspecified atom stereocenters. The van der Waals surface area contributed by atoms with Gasteiger partial charge in [-0.15, -0.1) is 0 Å². The summed E-state index contributed by atoms with van der Waals surface area (Å²) < 4.78 is 11.0. The molecule has 1 atom stereocenters. The minimum atomic E-state index is -0.834. The van der Waals surface area contributed by atoms with E-state index >= 15 is 0 Å². The molecule has 0 aromatic heterocycles. The van der Waals surface area contributed by atoms with E-state index in [-0.39, 0.29) is 12.6 Å². The minimum absolute atomic E-state index is 0.0982. The van der Waals surface area contributed by atoms with Gasteiger partial charge in [-0.3, -0.25) is 0 Å². The first-order chi connectivity index (χ1) is 13.7. The summed E-state index contributed by atoms with van der Waals surface area (Å²) in [6.45, 7) is 1.52. The van der Waals surface area contributed by atoms with Gasteiger partial charge in [-0.1, -0.05) is 48.5 Å². The van der Waals surface area contributed by atoms with Gasteiger partial charge < -0.3 is 25.2 Å². The Balaban J connectivity index is 1.32. The van der Waals surface area contributed by atoms with E-state index in [2.05, 4.69) is 10.6 Å². The second kappa shape index (κ2) is 8.19. The summed E-state index contributed by atoms with van der Waals surface area (Å²) in [7, 11) is 0. The number of benzene rings is 3. The van der Waals surface area contributed by atoms with Crippen LogP contribution in [-0.4, -0.2) is 30.9 Å². The largest absolute Gasteiger partial charge is 0.486 e. The molecule has 0 aliphatic carbocycles. The summed E-state index contributed by atoms with van der Waals surface area (Å²) >= 11 is 0. The molecular weight excluding hydrogens is 356 g/mol. The molecule has 0 radical (unpaired) electrons. The monoisotopic (exact) mass is 378 g/mol. The van der Waals surface area contributed by atoms with E-state index in [4.69, 9.17) is 9.47 Å². The normalized spacial score (nSPS) is 13.8. The Bertz CT molecular complexity index is 984. The fraction of sp³-hybridized carbons (Fsp3) is 0.227. The van der Waals surface area contributed by atoms with E-state index in [0.717, 1.165) is 16.3 Å². The number of amides is 2. The SMILES string of the molecule is O=C(NCc1cccc2ccccc12)NC[C@H](O)c1ccc2c(c1)OCCO2. The van der Waals surface area contributed by atoms with Crippen molar-refractivity contribution < 1.29 is 19.4 Å². The maximum Gasteiger partial charge on any atom is 0.315 e. The molecule has 3 aromatic rings. The summed E-state index contributed by atoms with van der Waals surface area (Å²) in [4.78, 5) is 12.1. The summed E-state index contributed by atoms with van der Waals surface area (Å²) in [5, 5.41) is 18.2. The van der Waals surface area contributed by atoms with Crippen LogP contribution >= 0.6 is 0 Å². The van der Waals surface area contributed by atoms with Gasteiger partial charge in [0.1, 0.15) is 13.2 Å². The number of fused-ring (bicyclic) bond motifs is 2. The molecule has 1 heterocycles. The van der Waals surface area contributed by atoms with Crippen molar-refractivity contribution in [3.63, 3.8) is 0 Å². The van der Waals surface area contributed by atoms with Gasteiger partial charge in [-0.05, 0) is 34.0 Å². The van der Waals surface area contributed by atoms with Crippen molar-refractivity contribution in [2.75, 3.05) is 19.8 Å². The Kier molecular flexibility index (Phi) is 5.30. The Hall–Kier alpha value is -3.25. The lowest BCUT2D eigenvalue weighted by Gasteiger charge is -2.20. The van der Waals surface area contributed by atoms with E-state index in [1.807, 2.05) is 42.5 Å². The molecule has 0 spiro atoms. The number of aliphatic hydroxyl groups excluding tert-OH is 1. The van der Waals surface area contributed by atoms with E-state index < -0.39 is 6.10 Å². The van der Waals surface area contributed by atoms with E-state index in [1.165, 1.54) is 0 Å². The predicted octanol–water partition coefficient (Wildman–Crippen LogP) is 3.14. The predicted molar refractivity (Wildman–Crippen MR) is 107 cm³/mol. The molecular formula is C22H22N2O4. The average molecular weight is 378 g/mol. The molecule has 144 valence electrons. The van der Waals surface area contributed by atoms with Crippen molar-refractivity contribution in [3.05, 3.63) is 71.8 Å². The first kappa shape index (κ1) is 18.1. The smallest absolute Gasteiger partial charge is 0.315 e. The molecule has 3 aromatic carbocycles. The first-order valence-corrected chi connectivity index (χ1v) is 9.26. The quantitative estimate of drug-likeness (QED) is 0.637. The number of carbonyl (C=O) groups excluding carboxylic acids is 1. The molecule has 1 aliphatic heterocycles. The molecule has 1 aliphatic rings. The molecule has 2 amide bonds. The summed E-state index contributed by atoms with van der Waals surface area (Å²) in [5.74, 6) is 1.28. The third-order valence-electron chi connectivity index (χ3n) is 4.73. The van der Waals surface area contributed by atoms with Gasteiger partial charge in [0.25, 0.3) is 0 Å². The highest BCUT2D eigenvalue weighted by Crippen LogP contribution is 2.32. The van der Waals surface area contributed by atoms with Crippen molar-refractivity contribution in [1.29, 1.82) is 0 Å². The topological polar surface area (TPSA) is 79.8 Å². The van der Waals surface area contributed by atoms with Crippen molar-refractivity contribution in [3.8, 4) is 11.5 Å². The van der Waals surface area contributed by atoms with Gasteiger partial charge >= 0.3 is 6.03 Å². The third kappa shape index (κ3) is 4.02.